The normalized spacial score (nSPS) is 12.5. The molecule has 0 spiro atoms. The number of rotatable bonds is 41. The molecule has 0 rings (SSSR count). The standard InChI is InChI=1S/C47H86O4/c1-3-5-7-9-11-13-15-17-19-20-21-23-25-27-29-31-36-40-44-47(50)51-45(42-38-34-32-35-39-43-46(48)49)41-37-33-30-28-26-24-22-18-16-14-12-10-8-6-4-2/h16,18-20,24,26,45H,3-15,17,21-23,25,27-44H2,1-2H3,(H,48,49)/b18-16-,20-19-,26-24-. The van der Waals surface area contributed by atoms with Gasteiger partial charge >= 0.3 is 11.9 Å². The molecule has 0 bridgehead atoms. The van der Waals surface area contributed by atoms with Gasteiger partial charge in [-0.25, -0.2) is 0 Å². The molecule has 0 saturated heterocycles. The molecular weight excluding hydrogens is 629 g/mol. The van der Waals surface area contributed by atoms with Gasteiger partial charge in [0.05, 0.1) is 0 Å². The minimum atomic E-state index is -0.703. The summed E-state index contributed by atoms with van der Waals surface area (Å²) in [5.41, 5.74) is 0. The molecule has 0 radical (unpaired) electrons. The molecule has 0 saturated carbocycles. The minimum Gasteiger partial charge on any atom is -0.481 e. The molecule has 0 aliphatic rings. The smallest absolute Gasteiger partial charge is 0.306 e. The Bertz CT molecular complexity index is 813. The fraction of sp³-hybridized carbons (Fsp3) is 0.830. The average molecular weight is 715 g/mol. The number of unbranched alkanes of at least 4 members (excludes halogenated alkanes) is 26. The zero-order valence-corrected chi connectivity index (χ0v) is 34.2. The van der Waals surface area contributed by atoms with Crippen LogP contribution in [0.25, 0.3) is 0 Å². The fourth-order valence-electron chi connectivity index (χ4n) is 6.74. The van der Waals surface area contributed by atoms with Gasteiger partial charge in [0.25, 0.3) is 0 Å². The van der Waals surface area contributed by atoms with Gasteiger partial charge in [-0.15, -0.1) is 0 Å². The number of hydrogen-bond donors (Lipinski definition) is 1. The van der Waals surface area contributed by atoms with Crippen LogP contribution in [0.2, 0.25) is 0 Å². The van der Waals surface area contributed by atoms with Crippen molar-refractivity contribution in [3.8, 4) is 0 Å². The van der Waals surface area contributed by atoms with Gasteiger partial charge in [-0.2, -0.15) is 0 Å². The van der Waals surface area contributed by atoms with Crippen LogP contribution in [0.1, 0.15) is 245 Å². The lowest BCUT2D eigenvalue weighted by Gasteiger charge is -2.18. The summed E-state index contributed by atoms with van der Waals surface area (Å²) in [6.45, 7) is 4.55. The summed E-state index contributed by atoms with van der Waals surface area (Å²) in [6, 6.07) is 0. The van der Waals surface area contributed by atoms with Gasteiger partial charge in [-0.3, -0.25) is 9.59 Å². The minimum absolute atomic E-state index is 0.0123. The maximum absolute atomic E-state index is 12.7. The highest BCUT2D eigenvalue weighted by Gasteiger charge is 2.14. The lowest BCUT2D eigenvalue weighted by atomic mass is 10.0. The zero-order valence-electron chi connectivity index (χ0n) is 34.2. The lowest BCUT2D eigenvalue weighted by molar-refractivity contribution is -0.150. The number of ether oxygens (including phenoxy) is 1. The van der Waals surface area contributed by atoms with Crippen molar-refractivity contribution in [1.29, 1.82) is 0 Å². The van der Waals surface area contributed by atoms with E-state index < -0.39 is 5.97 Å². The molecular formula is C47H86O4. The molecule has 1 unspecified atom stereocenters. The van der Waals surface area contributed by atoms with E-state index in [1.54, 1.807) is 0 Å². The number of carboxylic acid groups (broad SMARTS) is 1. The molecule has 0 aromatic carbocycles. The van der Waals surface area contributed by atoms with Crippen molar-refractivity contribution in [2.24, 2.45) is 0 Å². The third kappa shape index (κ3) is 42.5. The quantitative estimate of drug-likeness (QED) is 0.0389. The Labute approximate surface area is 318 Å². The molecule has 51 heavy (non-hydrogen) atoms. The molecule has 0 aromatic rings. The number of carbonyl (C=O) groups is 2. The van der Waals surface area contributed by atoms with Crippen molar-refractivity contribution in [3.63, 3.8) is 0 Å². The maximum Gasteiger partial charge on any atom is 0.306 e. The van der Waals surface area contributed by atoms with Crippen molar-refractivity contribution in [1.82, 2.24) is 0 Å². The third-order valence-electron chi connectivity index (χ3n) is 10.1. The number of allylic oxidation sites excluding steroid dienone is 6. The Kier molecular flexibility index (Phi) is 41.0. The van der Waals surface area contributed by atoms with E-state index >= 15 is 0 Å². The van der Waals surface area contributed by atoms with E-state index in [9.17, 15) is 9.59 Å². The lowest BCUT2D eigenvalue weighted by Crippen LogP contribution is -2.18. The molecule has 0 heterocycles. The van der Waals surface area contributed by atoms with Gasteiger partial charge in [-0.1, -0.05) is 172 Å². The second-order valence-electron chi connectivity index (χ2n) is 15.2. The molecule has 0 aliphatic heterocycles. The van der Waals surface area contributed by atoms with Crippen molar-refractivity contribution in [2.45, 2.75) is 251 Å². The van der Waals surface area contributed by atoms with Crippen LogP contribution < -0.4 is 0 Å². The summed E-state index contributed by atoms with van der Waals surface area (Å²) in [7, 11) is 0. The Morgan fingerprint density at radius 3 is 1.20 bits per heavy atom. The molecule has 0 fully saturated rings. The van der Waals surface area contributed by atoms with E-state index in [2.05, 4.69) is 50.3 Å². The second-order valence-corrected chi connectivity index (χ2v) is 15.2. The zero-order chi connectivity index (χ0) is 37.1. The van der Waals surface area contributed by atoms with Gasteiger partial charge in [0.1, 0.15) is 6.10 Å². The first-order valence-corrected chi connectivity index (χ1v) is 22.5. The molecule has 1 N–H and O–H groups in total. The summed E-state index contributed by atoms with van der Waals surface area (Å²) in [4.78, 5) is 23.5. The van der Waals surface area contributed by atoms with Crippen molar-refractivity contribution < 1.29 is 19.4 Å². The summed E-state index contributed by atoms with van der Waals surface area (Å²) >= 11 is 0. The summed E-state index contributed by atoms with van der Waals surface area (Å²) in [5.74, 6) is -0.716. The average Bonchev–Trinajstić information content (AvgIpc) is 3.12. The van der Waals surface area contributed by atoms with Gasteiger partial charge < -0.3 is 9.84 Å². The van der Waals surface area contributed by atoms with Crippen LogP contribution in [0.3, 0.4) is 0 Å². The summed E-state index contributed by atoms with van der Waals surface area (Å²) in [6.07, 6.45) is 56.0. The van der Waals surface area contributed by atoms with Crippen LogP contribution >= 0.6 is 0 Å². The van der Waals surface area contributed by atoms with E-state index in [1.807, 2.05) is 0 Å². The first-order valence-electron chi connectivity index (χ1n) is 22.5. The number of carboxylic acids is 1. The van der Waals surface area contributed by atoms with E-state index in [-0.39, 0.29) is 18.5 Å². The highest BCUT2D eigenvalue weighted by molar-refractivity contribution is 5.69. The largest absolute Gasteiger partial charge is 0.481 e. The monoisotopic (exact) mass is 715 g/mol. The summed E-state index contributed by atoms with van der Waals surface area (Å²) in [5, 5.41) is 8.84. The Morgan fingerprint density at radius 1 is 0.431 bits per heavy atom. The highest BCUT2D eigenvalue weighted by atomic mass is 16.5. The maximum atomic E-state index is 12.7. The summed E-state index contributed by atoms with van der Waals surface area (Å²) < 4.78 is 6.02. The van der Waals surface area contributed by atoms with E-state index in [1.165, 1.54) is 141 Å². The fourth-order valence-corrected chi connectivity index (χ4v) is 6.74. The second kappa shape index (κ2) is 42.6. The molecule has 0 amide bonds. The van der Waals surface area contributed by atoms with Crippen molar-refractivity contribution in [3.05, 3.63) is 36.5 Å². The number of hydrogen-bond acceptors (Lipinski definition) is 3. The Balaban J connectivity index is 4.05. The van der Waals surface area contributed by atoms with Crippen LogP contribution in [0.4, 0.5) is 0 Å². The molecule has 298 valence electrons. The Hall–Kier alpha value is -1.84. The molecule has 0 aliphatic carbocycles. The van der Waals surface area contributed by atoms with Gasteiger partial charge in [0, 0.05) is 12.8 Å². The van der Waals surface area contributed by atoms with E-state index in [0.29, 0.717) is 6.42 Å². The highest BCUT2D eigenvalue weighted by Crippen LogP contribution is 2.18. The van der Waals surface area contributed by atoms with Crippen LogP contribution in [0.5, 0.6) is 0 Å². The van der Waals surface area contributed by atoms with Gasteiger partial charge in [-0.05, 0) is 96.3 Å². The molecule has 0 aromatic heterocycles. The van der Waals surface area contributed by atoms with Crippen LogP contribution in [-0.2, 0) is 14.3 Å². The topological polar surface area (TPSA) is 63.6 Å². The van der Waals surface area contributed by atoms with Gasteiger partial charge in [0.15, 0.2) is 0 Å². The van der Waals surface area contributed by atoms with Crippen LogP contribution in [0.15, 0.2) is 36.5 Å². The predicted octanol–water partition coefficient (Wildman–Crippen LogP) is 15.7. The molecule has 1 atom stereocenters. The number of carbonyl (C=O) groups excluding carboxylic acids is 1. The number of esters is 1. The third-order valence-corrected chi connectivity index (χ3v) is 10.1. The first-order chi connectivity index (χ1) is 25.1. The SMILES string of the molecule is CCCCCCC/C=C\C/C=C\CCCCCC(CCCCCCCC(=O)O)OC(=O)CCCCCCCCC/C=C\CCCCCCCCC. The van der Waals surface area contributed by atoms with E-state index in [0.717, 1.165) is 77.0 Å². The van der Waals surface area contributed by atoms with Crippen LogP contribution in [0, 0.1) is 0 Å². The molecule has 4 nitrogen and oxygen atoms in total. The first kappa shape index (κ1) is 49.2. The number of aliphatic carboxylic acids is 1. The van der Waals surface area contributed by atoms with Crippen molar-refractivity contribution in [2.75, 3.05) is 0 Å². The molecule has 4 heteroatoms. The Morgan fingerprint density at radius 2 is 0.765 bits per heavy atom. The van der Waals surface area contributed by atoms with Crippen molar-refractivity contribution >= 4 is 11.9 Å². The van der Waals surface area contributed by atoms with Gasteiger partial charge in [0.2, 0.25) is 0 Å². The van der Waals surface area contributed by atoms with Crippen LogP contribution in [-0.4, -0.2) is 23.1 Å². The van der Waals surface area contributed by atoms with E-state index in [4.69, 9.17) is 9.84 Å². The predicted molar refractivity (Wildman–Crippen MR) is 222 cm³/mol.